The van der Waals surface area contributed by atoms with Gasteiger partial charge in [0.05, 0.1) is 5.56 Å². The molecule has 2 aromatic rings. The topological polar surface area (TPSA) is 83.5 Å². The number of hydrogen-bond donors (Lipinski definition) is 2. The van der Waals surface area contributed by atoms with E-state index in [0.717, 1.165) is 16.9 Å². The van der Waals surface area contributed by atoms with Crippen LogP contribution in [0.25, 0.3) is 0 Å². The predicted molar refractivity (Wildman–Crippen MR) is 81.2 cm³/mol. The van der Waals surface area contributed by atoms with Crippen molar-refractivity contribution in [2.75, 3.05) is 0 Å². The van der Waals surface area contributed by atoms with Crippen LogP contribution >= 0.6 is 11.3 Å². The van der Waals surface area contributed by atoms with Crippen LogP contribution in [0.1, 0.15) is 22.8 Å². The Morgan fingerprint density at radius 3 is 2.57 bits per heavy atom. The lowest BCUT2D eigenvalue weighted by Crippen LogP contribution is -2.33. The van der Waals surface area contributed by atoms with E-state index in [-0.39, 0.29) is 15.8 Å². The fourth-order valence-corrected chi connectivity index (χ4v) is 4.32. The molecule has 0 aliphatic heterocycles. The van der Waals surface area contributed by atoms with Crippen molar-refractivity contribution in [2.24, 2.45) is 0 Å². The minimum atomic E-state index is -3.69. The fraction of sp³-hybridized carbons (Fsp3) is 0.214. The molecule has 0 bridgehead atoms. The molecule has 21 heavy (non-hydrogen) atoms. The Kier molecular flexibility index (Phi) is 4.76. The lowest BCUT2D eigenvalue weighted by Gasteiger charge is -2.13. The number of nitrogens with one attached hydrogen (secondary N) is 1. The minimum Gasteiger partial charge on any atom is -0.478 e. The second kappa shape index (κ2) is 6.38. The van der Waals surface area contributed by atoms with Crippen LogP contribution in [0.3, 0.4) is 0 Å². The van der Waals surface area contributed by atoms with Crippen LogP contribution in [0.2, 0.25) is 0 Å². The van der Waals surface area contributed by atoms with Gasteiger partial charge in [-0.3, -0.25) is 0 Å². The van der Waals surface area contributed by atoms with E-state index in [4.69, 9.17) is 5.11 Å². The third-order valence-corrected chi connectivity index (χ3v) is 5.86. The molecule has 0 radical (unpaired) electrons. The summed E-state index contributed by atoms with van der Waals surface area (Å²) in [6, 6.07) is 10.4. The maximum atomic E-state index is 12.2. The first-order valence-corrected chi connectivity index (χ1v) is 8.63. The van der Waals surface area contributed by atoms with E-state index in [1.54, 1.807) is 6.92 Å². The molecule has 0 saturated carbocycles. The summed E-state index contributed by atoms with van der Waals surface area (Å²) in [7, 11) is -3.69. The number of carboxylic acid groups (broad SMARTS) is 1. The third-order valence-electron chi connectivity index (χ3n) is 2.83. The van der Waals surface area contributed by atoms with Gasteiger partial charge in [0.1, 0.15) is 4.21 Å². The molecular weight excluding hydrogens is 310 g/mol. The zero-order chi connectivity index (χ0) is 15.5. The Hall–Kier alpha value is -1.70. The molecule has 0 aliphatic rings. The molecule has 1 heterocycles. The highest BCUT2D eigenvalue weighted by molar-refractivity contribution is 7.91. The number of carbonyl (C=O) groups is 1. The average Bonchev–Trinajstić information content (AvgIpc) is 2.89. The molecule has 2 rings (SSSR count). The van der Waals surface area contributed by atoms with Crippen molar-refractivity contribution in [3.8, 4) is 0 Å². The Morgan fingerprint density at radius 1 is 1.33 bits per heavy atom. The molecule has 1 aromatic heterocycles. The molecule has 0 spiro atoms. The number of aromatic carboxylic acids is 1. The van der Waals surface area contributed by atoms with Crippen LogP contribution in [-0.2, 0) is 16.4 Å². The van der Waals surface area contributed by atoms with Gasteiger partial charge in [0.2, 0.25) is 10.0 Å². The first-order chi connectivity index (χ1) is 9.88. The van der Waals surface area contributed by atoms with Gasteiger partial charge in [-0.25, -0.2) is 17.9 Å². The zero-order valence-corrected chi connectivity index (χ0v) is 12.9. The molecule has 0 fully saturated rings. The lowest BCUT2D eigenvalue weighted by atomic mass is 10.1. The van der Waals surface area contributed by atoms with Crippen molar-refractivity contribution in [3.63, 3.8) is 0 Å². The van der Waals surface area contributed by atoms with Crippen LogP contribution in [0.15, 0.2) is 46.0 Å². The molecule has 7 heteroatoms. The average molecular weight is 325 g/mol. The van der Waals surface area contributed by atoms with Crippen molar-refractivity contribution in [3.05, 3.63) is 52.9 Å². The summed E-state index contributed by atoms with van der Waals surface area (Å²) >= 11 is 0.902. The van der Waals surface area contributed by atoms with Crippen LogP contribution in [0.4, 0.5) is 0 Å². The monoisotopic (exact) mass is 325 g/mol. The van der Waals surface area contributed by atoms with Crippen LogP contribution in [0.5, 0.6) is 0 Å². The van der Waals surface area contributed by atoms with Crippen LogP contribution in [-0.4, -0.2) is 25.5 Å². The lowest BCUT2D eigenvalue weighted by molar-refractivity contribution is 0.0697. The van der Waals surface area contributed by atoms with Crippen molar-refractivity contribution >= 4 is 27.3 Å². The smallest absolute Gasteiger partial charge is 0.336 e. The fourth-order valence-electron chi connectivity index (χ4n) is 1.90. The second-order valence-electron chi connectivity index (χ2n) is 4.67. The van der Waals surface area contributed by atoms with Gasteiger partial charge in [-0.05, 0) is 25.0 Å². The van der Waals surface area contributed by atoms with Gasteiger partial charge in [-0.1, -0.05) is 30.3 Å². The highest BCUT2D eigenvalue weighted by Gasteiger charge is 2.21. The summed E-state index contributed by atoms with van der Waals surface area (Å²) in [5, 5.41) is 10.2. The summed E-state index contributed by atoms with van der Waals surface area (Å²) in [5.74, 6) is -1.13. The van der Waals surface area contributed by atoms with Crippen molar-refractivity contribution in [1.29, 1.82) is 0 Å². The number of benzene rings is 1. The van der Waals surface area contributed by atoms with E-state index in [1.165, 1.54) is 11.4 Å². The van der Waals surface area contributed by atoms with Gasteiger partial charge in [0.25, 0.3) is 0 Å². The summed E-state index contributed by atoms with van der Waals surface area (Å²) in [4.78, 5) is 10.8. The molecular formula is C14H15NO4S2. The maximum absolute atomic E-state index is 12.2. The van der Waals surface area contributed by atoms with Gasteiger partial charge < -0.3 is 5.11 Å². The van der Waals surface area contributed by atoms with Gasteiger partial charge in [0, 0.05) is 11.4 Å². The van der Waals surface area contributed by atoms with E-state index in [9.17, 15) is 13.2 Å². The zero-order valence-electron chi connectivity index (χ0n) is 11.3. The molecule has 0 saturated heterocycles. The number of sulfonamides is 1. The standard InChI is InChI=1S/C14H15NO4S2/c1-10(7-11-5-3-2-4-6-11)15-21(18,19)13-8-12(9-20-13)14(16)17/h2-6,8-10,15H,7H2,1H3,(H,16,17). The molecule has 5 nitrogen and oxygen atoms in total. The Balaban J connectivity index is 2.07. The SMILES string of the molecule is CC(Cc1ccccc1)NS(=O)(=O)c1cc(C(=O)O)cs1. The molecule has 2 N–H and O–H groups in total. The summed E-state index contributed by atoms with van der Waals surface area (Å²) in [6.45, 7) is 1.77. The first-order valence-electron chi connectivity index (χ1n) is 6.26. The van der Waals surface area contributed by atoms with Gasteiger partial charge in [-0.2, -0.15) is 0 Å². The first kappa shape index (κ1) is 15.7. The third kappa shape index (κ3) is 4.13. The molecule has 1 unspecified atom stereocenters. The Morgan fingerprint density at radius 2 is 2.00 bits per heavy atom. The second-order valence-corrected chi connectivity index (χ2v) is 7.52. The number of hydrogen-bond acceptors (Lipinski definition) is 4. The van der Waals surface area contributed by atoms with Crippen molar-refractivity contribution in [1.82, 2.24) is 4.72 Å². The Bertz CT molecular complexity index is 722. The van der Waals surface area contributed by atoms with E-state index in [2.05, 4.69) is 4.72 Å². The highest BCUT2D eigenvalue weighted by atomic mass is 32.2. The van der Waals surface area contributed by atoms with Crippen molar-refractivity contribution in [2.45, 2.75) is 23.6 Å². The van der Waals surface area contributed by atoms with Crippen LogP contribution in [0, 0.1) is 0 Å². The van der Waals surface area contributed by atoms with Crippen LogP contribution < -0.4 is 4.72 Å². The van der Waals surface area contributed by atoms with Gasteiger partial charge in [0.15, 0.2) is 0 Å². The quantitative estimate of drug-likeness (QED) is 0.854. The predicted octanol–water partition coefficient (Wildman–Crippen LogP) is 2.36. The highest BCUT2D eigenvalue weighted by Crippen LogP contribution is 2.20. The van der Waals surface area contributed by atoms with E-state index < -0.39 is 16.0 Å². The van der Waals surface area contributed by atoms with Crippen molar-refractivity contribution < 1.29 is 18.3 Å². The van der Waals surface area contributed by atoms with Gasteiger partial charge in [-0.15, -0.1) is 11.3 Å². The summed E-state index contributed by atoms with van der Waals surface area (Å²) in [5.41, 5.74) is 1.01. The van der Waals surface area contributed by atoms with E-state index in [0.29, 0.717) is 6.42 Å². The summed E-state index contributed by atoms with van der Waals surface area (Å²) in [6.07, 6.45) is 0.567. The molecule has 112 valence electrons. The summed E-state index contributed by atoms with van der Waals surface area (Å²) < 4.78 is 26.9. The molecule has 1 atom stereocenters. The Labute approximate surface area is 127 Å². The molecule has 0 aliphatic carbocycles. The molecule has 0 amide bonds. The number of thiophene rings is 1. The largest absolute Gasteiger partial charge is 0.478 e. The maximum Gasteiger partial charge on any atom is 0.336 e. The van der Waals surface area contributed by atoms with E-state index in [1.807, 2.05) is 30.3 Å². The number of carboxylic acids is 1. The minimum absolute atomic E-state index is 0.0137. The normalized spacial score (nSPS) is 13.0. The number of rotatable bonds is 6. The van der Waals surface area contributed by atoms with E-state index >= 15 is 0 Å². The van der Waals surface area contributed by atoms with Gasteiger partial charge >= 0.3 is 5.97 Å². The molecule has 1 aromatic carbocycles.